The third-order valence-corrected chi connectivity index (χ3v) is 7.55. The summed E-state index contributed by atoms with van der Waals surface area (Å²) in [6, 6.07) is 11.9. The van der Waals surface area contributed by atoms with E-state index < -0.39 is 28.6 Å². The van der Waals surface area contributed by atoms with Crippen LogP contribution in [0.3, 0.4) is 0 Å². The van der Waals surface area contributed by atoms with E-state index in [4.69, 9.17) is 23.2 Å². The third-order valence-electron chi connectivity index (χ3n) is 5.33. The summed E-state index contributed by atoms with van der Waals surface area (Å²) >= 11 is 12.2. The molecule has 0 spiro atoms. The van der Waals surface area contributed by atoms with E-state index in [0.29, 0.717) is 12.8 Å². The lowest BCUT2D eigenvalue weighted by Crippen LogP contribution is -2.50. The van der Waals surface area contributed by atoms with Crippen LogP contribution >= 0.6 is 23.2 Å². The topological polar surface area (TPSA) is 77.9 Å². The number of anilines is 1. The number of sulfonamides is 1. The number of aliphatic hydroxyl groups is 1. The second kappa shape index (κ2) is 9.56. The molecule has 0 bridgehead atoms. The zero-order valence-corrected chi connectivity index (χ0v) is 18.9. The molecule has 3 rings (SSSR count). The molecule has 0 saturated heterocycles. The van der Waals surface area contributed by atoms with Crippen molar-refractivity contribution in [2.24, 2.45) is 0 Å². The molecule has 9 heteroatoms. The maximum atomic E-state index is 13.4. The van der Waals surface area contributed by atoms with E-state index in [1.165, 1.54) is 35.2 Å². The first-order chi connectivity index (χ1) is 14.2. The highest BCUT2D eigenvalue weighted by Gasteiger charge is 2.33. The van der Waals surface area contributed by atoms with Crippen molar-refractivity contribution in [2.75, 3.05) is 17.9 Å². The molecular weight excluding hydrogens is 447 g/mol. The molecule has 2 unspecified atom stereocenters. The van der Waals surface area contributed by atoms with E-state index in [0.717, 1.165) is 17.1 Å². The quantitative estimate of drug-likeness (QED) is 0.692. The minimum Gasteiger partial charge on any atom is -0.391 e. The van der Waals surface area contributed by atoms with E-state index in [9.17, 15) is 18.3 Å². The van der Waals surface area contributed by atoms with E-state index in [2.05, 4.69) is 0 Å². The maximum Gasteiger partial charge on any atom is 0.264 e. The summed E-state index contributed by atoms with van der Waals surface area (Å²) in [7, 11) is -2.46. The molecule has 1 aliphatic rings. The lowest BCUT2D eigenvalue weighted by Gasteiger charge is -2.36. The number of aliphatic hydroxyl groups excluding tert-OH is 1. The predicted molar refractivity (Wildman–Crippen MR) is 118 cm³/mol. The fourth-order valence-electron chi connectivity index (χ4n) is 3.68. The normalized spacial score (nSPS) is 19.3. The molecule has 0 aromatic heterocycles. The van der Waals surface area contributed by atoms with Crippen LogP contribution in [0.1, 0.15) is 25.7 Å². The van der Waals surface area contributed by atoms with Crippen molar-refractivity contribution in [3.63, 3.8) is 0 Å². The summed E-state index contributed by atoms with van der Waals surface area (Å²) in [6.07, 6.45) is 2.51. The number of halogens is 2. The number of hydrogen-bond donors (Lipinski definition) is 1. The second-order valence-corrected chi connectivity index (χ2v) is 10.1. The molecule has 1 amide bonds. The van der Waals surface area contributed by atoms with Crippen LogP contribution < -0.4 is 4.31 Å². The average molecular weight is 471 g/mol. The van der Waals surface area contributed by atoms with Gasteiger partial charge in [-0.2, -0.15) is 0 Å². The average Bonchev–Trinajstić information content (AvgIpc) is 2.71. The number of carbonyl (C=O) groups excluding carboxylic acids is 1. The molecule has 30 heavy (non-hydrogen) atoms. The highest BCUT2D eigenvalue weighted by Crippen LogP contribution is 2.30. The van der Waals surface area contributed by atoms with Crippen LogP contribution in [0.2, 0.25) is 10.0 Å². The van der Waals surface area contributed by atoms with Crippen molar-refractivity contribution in [2.45, 2.75) is 42.7 Å². The van der Waals surface area contributed by atoms with Crippen LogP contribution in [0, 0.1) is 0 Å². The highest BCUT2D eigenvalue weighted by atomic mass is 35.5. The Morgan fingerprint density at radius 2 is 1.67 bits per heavy atom. The number of benzene rings is 2. The Labute approximate surface area is 187 Å². The number of rotatable bonds is 6. The predicted octanol–water partition coefficient (Wildman–Crippen LogP) is 3.95. The number of amides is 1. The largest absolute Gasteiger partial charge is 0.391 e. The van der Waals surface area contributed by atoms with Crippen molar-refractivity contribution < 1.29 is 18.3 Å². The molecule has 0 aliphatic heterocycles. The van der Waals surface area contributed by atoms with Gasteiger partial charge in [0.1, 0.15) is 6.54 Å². The van der Waals surface area contributed by atoms with Gasteiger partial charge in [0, 0.05) is 17.1 Å². The number of nitrogens with zero attached hydrogens (tertiary/aromatic N) is 2. The maximum absolute atomic E-state index is 13.4. The molecule has 1 saturated carbocycles. The molecule has 1 aliphatic carbocycles. The van der Waals surface area contributed by atoms with Crippen LogP contribution in [0.15, 0.2) is 53.4 Å². The summed E-state index contributed by atoms with van der Waals surface area (Å²) in [5.74, 6) is -0.420. The Morgan fingerprint density at radius 1 is 1.07 bits per heavy atom. The summed E-state index contributed by atoms with van der Waals surface area (Å²) < 4.78 is 27.8. The van der Waals surface area contributed by atoms with Gasteiger partial charge >= 0.3 is 0 Å². The van der Waals surface area contributed by atoms with E-state index in [-0.39, 0.29) is 26.7 Å². The molecule has 2 aromatic carbocycles. The van der Waals surface area contributed by atoms with Gasteiger partial charge in [0.05, 0.1) is 22.7 Å². The van der Waals surface area contributed by atoms with Gasteiger partial charge in [-0.05, 0) is 43.2 Å². The van der Waals surface area contributed by atoms with Crippen LogP contribution in [-0.4, -0.2) is 50.1 Å². The first-order valence-corrected chi connectivity index (χ1v) is 11.9. The SMILES string of the molecule is CN(C(=O)CN(c1cc(Cl)cc(Cl)c1)S(=O)(=O)c1ccccc1)C1CCCCC1O. The number of likely N-dealkylation sites (N-methyl/N-ethyl adjacent to an activating group) is 1. The fourth-order valence-corrected chi connectivity index (χ4v) is 5.61. The second-order valence-electron chi connectivity index (χ2n) is 7.38. The van der Waals surface area contributed by atoms with Gasteiger partial charge in [0.2, 0.25) is 5.91 Å². The minimum absolute atomic E-state index is 0.0502. The molecule has 6 nitrogen and oxygen atoms in total. The van der Waals surface area contributed by atoms with E-state index in [1.54, 1.807) is 25.2 Å². The standard InChI is InChI=1S/C21H24Cl2N2O4S/c1-24(19-9-5-6-10-20(19)26)21(27)14-25(17-12-15(22)11-16(23)13-17)30(28,29)18-7-3-2-4-8-18/h2-4,7-8,11-13,19-20,26H,5-6,9-10,14H2,1H3. The Hall–Kier alpha value is -1.80. The van der Waals surface area contributed by atoms with Gasteiger partial charge in [0.15, 0.2) is 0 Å². The zero-order valence-electron chi connectivity index (χ0n) is 16.5. The van der Waals surface area contributed by atoms with Crippen LogP contribution in [0.5, 0.6) is 0 Å². The first kappa shape index (κ1) is 22.9. The Balaban J connectivity index is 1.96. The van der Waals surface area contributed by atoms with Gasteiger partial charge in [-0.15, -0.1) is 0 Å². The van der Waals surface area contributed by atoms with Gasteiger partial charge in [-0.1, -0.05) is 54.2 Å². The van der Waals surface area contributed by atoms with Crippen LogP contribution in [0.25, 0.3) is 0 Å². The molecule has 1 fully saturated rings. The highest BCUT2D eigenvalue weighted by molar-refractivity contribution is 7.92. The molecule has 1 N–H and O–H groups in total. The Morgan fingerprint density at radius 3 is 2.27 bits per heavy atom. The van der Waals surface area contributed by atoms with Crippen LogP contribution in [-0.2, 0) is 14.8 Å². The fraction of sp³-hybridized carbons (Fsp3) is 0.381. The summed E-state index contributed by atoms with van der Waals surface area (Å²) in [5.41, 5.74) is 0.197. The van der Waals surface area contributed by atoms with Crippen molar-refractivity contribution in [1.82, 2.24) is 4.90 Å². The summed E-state index contributed by atoms with van der Waals surface area (Å²) in [5, 5.41) is 10.8. The lowest BCUT2D eigenvalue weighted by atomic mass is 9.91. The zero-order chi connectivity index (χ0) is 21.9. The van der Waals surface area contributed by atoms with E-state index in [1.807, 2.05) is 0 Å². The van der Waals surface area contributed by atoms with Crippen molar-refractivity contribution in [1.29, 1.82) is 0 Å². The monoisotopic (exact) mass is 470 g/mol. The summed E-state index contributed by atoms with van der Waals surface area (Å²) in [6.45, 7) is -0.437. The molecule has 0 heterocycles. The third kappa shape index (κ3) is 5.09. The van der Waals surface area contributed by atoms with Crippen LogP contribution in [0.4, 0.5) is 5.69 Å². The number of hydrogen-bond acceptors (Lipinski definition) is 4. The van der Waals surface area contributed by atoms with Crippen molar-refractivity contribution in [3.8, 4) is 0 Å². The lowest BCUT2D eigenvalue weighted by molar-refractivity contribution is -0.133. The summed E-state index contributed by atoms with van der Waals surface area (Å²) in [4.78, 5) is 14.6. The van der Waals surface area contributed by atoms with Gasteiger partial charge < -0.3 is 10.0 Å². The minimum atomic E-state index is -4.05. The van der Waals surface area contributed by atoms with Crippen molar-refractivity contribution in [3.05, 3.63) is 58.6 Å². The van der Waals surface area contributed by atoms with Crippen molar-refractivity contribution >= 4 is 44.8 Å². The first-order valence-electron chi connectivity index (χ1n) is 9.68. The molecule has 0 radical (unpaired) electrons. The van der Waals surface area contributed by atoms with E-state index >= 15 is 0 Å². The molecular formula is C21H24Cl2N2O4S. The molecule has 2 atom stereocenters. The Bertz CT molecular complexity index is 981. The van der Waals surface area contributed by atoms with Gasteiger partial charge in [0.25, 0.3) is 10.0 Å². The smallest absolute Gasteiger partial charge is 0.264 e. The Kier molecular flexibility index (Phi) is 7.29. The number of carbonyl (C=O) groups is 1. The van der Waals surface area contributed by atoms with Gasteiger partial charge in [-0.3, -0.25) is 9.10 Å². The molecule has 162 valence electrons. The van der Waals surface area contributed by atoms with Gasteiger partial charge in [-0.25, -0.2) is 8.42 Å². The molecule has 2 aromatic rings.